The molecule has 1 aliphatic heterocycles. The molecule has 1 N–H and O–H groups in total. The van der Waals surface area contributed by atoms with Gasteiger partial charge in [-0.05, 0) is 37.1 Å². The van der Waals surface area contributed by atoms with Gasteiger partial charge in [-0.15, -0.1) is 0 Å². The Morgan fingerprint density at radius 2 is 2.00 bits per heavy atom. The molecule has 1 atom stereocenters. The molecule has 5 aromatic rings. The highest BCUT2D eigenvalue weighted by Crippen LogP contribution is 2.37. The highest BCUT2D eigenvalue weighted by Gasteiger charge is 2.34. The molecule has 1 unspecified atom stereocenters. The summed E-state index contributed by atoms with van der Waals surface area (Å²) in [6.45, 7) is 0.710. The summed E-state index contributed by atoms with van der Waals surface area (Å²) in [6.07, 6.45) is 4.91. The Bertz CT molecular complexity index is 1560. The van der Waals surface area contributed by atoms with E-state index in [1.807, 2.05) is 36.4 Å². The maximum atomic E-state index is 13.5. The third kappa shape index (κ3) is 2.61. The van der Waals surface area contributed by atoms with E-state index in [0.29, 0.717) is 40.4 Å². The van der Waals surface area contributed by atoms with Crippen LogP contribution in [-0.2, 0) is 0 Å². The summed E-state index contributed by atoms with van der Waals surface area (Å²) in [7, 11) is 0. The van der Waals surface area contributed by atoms with Crippen LogP contribution in [0.4, 0.5) is 5.82 Å². The molecule has 1 fully saturated rings. The van der Waals surface area contributed by atoms with E-state index in [9.17, 15) is 10.1 Å². The summed E-state index contributed by atoms with van der Waals surface area (Å²) in [6, 6.07) is 15.0. The van der Waals surface area contributed by atoms with E-state index < -0.39 is 0 Å². The third-order valence-electron chi connectivity index (χ3n) is 5.87. The lowest BCUT2D eigenvalue weighted by Gasteiger charge is -2.27. The molecular formula is C22H17N9O. The second kappa shape index (κ2) is 7.02. The van der Waals surface area contributed by atoms with Crippen molar-refractivity contribution in [2.24, 2.45) is 0 Å². The van der Waals surface area contributed by atoms with E-state index in [1.165, 1.54) is 6.33 Å². The number of nitrogens with one attached hydrogen (secondary N) is 1. The van der Waals surface area contributed by atoms with Gasteiger partial charge in [-0.2, -0.15) is 15.5 Å². The van der Waals surface area contributed by atoms with Gasteiger partial charge in [0.05, 0.1) is 17.1 Å². The highest BCUT2D eigenvalue weighted by molar-refractivity contribution is 5.91. The van der Waals surface area contributed by atoms with Gasteiger partial charge in [0.15, 0.2) is 11.5 Å². The minimum Gasteiger partial charge on any atom is -0.346 e. The van der Waals surface area contributed by atoms with Crippen molar-refractivity contribution < 1.29 is 0 Å². The molecule has 0 bridgehead atoms. The zero-order valence-corrected chi connectivity index (χ0v) is 16.9. The second-order valence-electron chi connectivity index (χ2n) is 7.63. The van der Waals surface area contributed by atoms with Gasteiger partial charge >= 0.3 is 0 Å². The minimum absolute atomic E-state index is 0.132. The van der Waals surface area contributed by atoms with Crippen LogP contribution in [0, 0.1) is 11.3 Å². The number of hydrogen-bond acceptors (Lipinski definition) is 7. The minimum atomic E-state index is -0.214. The first kappa shape index (κ1) is 18.3. The molecular weight excluding hydrogens is 406 g/mol. The fourth-order valence-electron chi connectivity index (χ4n) is 4.47. The maximum Gasteiger partial charge on any atom is 0.282 e. The van der Waals surface area contributed by atoms with Crippen molar-refractivity contribution in [3.63, 3.8) is 0 Å². The van der Waals surface area contributed by atoms with Crippen LogP contribution in [0.15, 0.2) is 59.8 Å². The topological polar surface area (TPSA) is 121 Å². The molecule has 0 spiro atoms. The summed E-state index contributed by atoms with van der Waals surface area (Å²) >= 11 is 0. The Balaban J connectivity index is 1.59. The van der Waals surface area contributed by atoms with Crippen molar-refractivity contribution in [3.8, 4) is 11.8 Å². The van der Waals surface area contributed by atoms with Crippen LogP contribution < -0.4 is 10.5 Å². The molecule has 1 aromatic carbocycles. The van der Waals surface area contributed by atoms with Crippen LogP contribution in [0.2, 0.25) is 0 Å². The van der Waals surface area contributed by atoms with Gasteiger partial charge in [-0.1, -0.05) is 18.2 Å². The number of benzene rings is 1. The Morgan fingerprint density at radius 3 is 2.84 bits per heavy atom. The Morgan fingerprint density at radius 1 is 1.12 bits per heavy atom. The molecule has 6 rings (SSSR count). The molecule has 1 aliphatic rings. The number of H-pyrrole nitrogens is 1. The predicted octanol–water partition coefficient (Wildman–Crippen LogP) is 2.36. The van der Waals surface area contributed by atoms with Crippen molar-refractivity contribution in [3.05, 3.63) is 76.9 Å². The first-order chi connectivity index (χ1) is 15.8. The molecule has 1 saturated heterocycles. The molecule has 156 valence electrons. The molecule has 0 radical (unpaired) electrons. The maximum absolute atomic E-state index is 13.5. The van der Waals surface area contributed by atoms with Crippen molar-refractivity contribution in [1.82, 2.24) is 34.3 Å². The summed E-state index contributed by atoms with van der Waals surface area (Å²) in [5, 5.41) is 21.8. The standard InChI is InChI=1S/C22H17N9O/c23-12-15-18-19(27-26-15)24-13-25-21(18)29-10-4-8-16(29)20-28-30-11-5-9-17(30)22(32)31(20)14-6-2-1-3-7-14/h1-3,5-7,9,11,13,16H,4,8,10H2,(H,24,25,26,27). The predicted molar refractivity (Wildman–Crippen MR) is 117 cm³/mol. The first-order valence-corrected chi connectivity index (χ1v) is 10.3. The number of fused-ring (bicyclic) bond motifs is 2. The Kier molecular flexibility index (Phi) is 4.01. The Hall–Kier alpha value is -4.52. The van der Waals surface area contributed by atoms with E-state index in [0.717, 1.165) is 18.5 Å². The molecule has 10 nitrogen and oxygen atoms in total. The Labute approximate surface area is 181 Å². The van der Waals surface area contributed by atoms with E-state index in [1.54, 1.807) is 21.3 Å². The summed E-state index contributed by atoms with van der Waals surface area (Å²) in [5.74, 6) is 1.24. The van der Waals surface area contributed by atoms with Crippen LogP contribution >= 0.6 is 0 Å². The van der Waals surface area contributed by atoms with Crippen molar-refractivity contribution in [2.45, 2.75) is 18.9 Å². The summed E-state index contributed by atoms with van der Waals surface area (Å²) < 4.78 is 3.30. The van der Waals surface area contributed by atoms with Gasteiger partial charge in [0.1, 0.15) is 29.4 Å². The van der Waals surface area contributed by atoms with Gasteiger partial charge in [0, 0.05) is 12.7 Å². The number of para-hydroxylation sites is 1. The molecule has 4 aromatic heterocycles. The molecule has 0 aliphatic carbocycles. The zero-order chi connectivity index (χ0) is 21.7. The SMILES string of the molecule is N#Cc1[nH]nc2ncnc(N3CCCC3c3nn4cccc4c(=O)n3-c3ccccc3)c12. The average molecular weight is 423 g/mol. The second-order valence-corrected chi connectivity index (χ2v) is 7.63. The molecule has 0 saturated carbocycles. The van der Waals surface area contributed by atoms with Gasteiger partial charge in [0.25, 0.3) is 5.56 Å². The van der Waals surface area contributed by atoms with E-state index in [4.69, 9.17) is 5.10 Å². The van der Waals surface area contributed by atoms with Gasteiger partial charge in [0.2, 0.25) is 0 Å². The molecule has 0 amide bonds. The number of hydrogen-bond donors (Lipinski definition) is 1. The lowest BCUT2D eigenvalue weighted by atomic mass is 10.1. The normalized spacial score (nSPS) is 16.1. The smallest absolute Gasteiger partial charge is 0.282 e. The largest absolute Gasteiger partial charge is 0.346 e. The van der Waals surface area contributed by atoms with Gasteiger partial charge in [-0.25, -0.2) is 14.5 Å². The van der Waals surface area contributed by atoms with E-state index in [2.05, 4.69) is 31.1 Å². The quantitative estimate of drug-likeness (QED) is 0.473. The van der Waals surface area contributed by atoms with Gasteiger partial charge < -0.3 is 4.90 Å². The molecule has 32 heavy (non-hydrogen) atoms. The van der Waals surface area contributed by atoms with E-state index >= 15 is 0 Å². The zero-order valence-electron chi connectivity index (χ0n) is 16.9. The lowest BCUT2D eigenvalue weighted by molar-refractivity contribution is 0.602. The summed E-state index contributed by atoms with van der Waals surface area (Å²) in [5.41, 5.74) is 1.88. The highest BCUT2D eigenvalue weighted by atomic mass is 16.1. The number of anilines is 1. The summed E-state index contributed by atoms with van der Waals surface area (Å²) in [4.78, 5) is 24.3. The van der Waals surface area contributed by atoms with Crippen LogP contribution in [0.5, 0.6) is 0 Å². The molecule has 10 heteroatoms. The van der Waals surface area contributed by atoms with Crippen LogP contribution in [0.25, 0.3) is 22.2 Å². The van der Waals surface area contributed by atoms with Crippen LogP contribution in [-0.4, -0.2) is 40.9 Å². The van der Waals surface area contributed by atoms with E-state index in [-0.39, 0.29) is 11.6 Å². The van der Waals surface area contributed by atoms with Gasteiger partial charge in [-0.3, -0.25) is 14.5 Å². The number of aromatic nitrogens is 7. The van der Waals surface area contributed by atoms with Crippen LogP contribution in [0.3, 0.4) is 0 Å². The van der Waals surface area contributed by atoms with Crippen molar-refractivity contribution in [1.29, 1.82) is 5.26 Å². The fourth-order valence-corrected chi connectivity index (χ4v) is 4.47. The fraction of sp³-hybridized carbons (Fsp3) is 0.182. The first-order valence-electron chi connectivity index (χ1n) is 10.3. The third-order valence-corrected chi connectivity index (χ3v) is 5.87. The number of rotatable bonds is 3. The van der Waals surface area contributed by atoms with Crippen molar-refractivity contribution >= 4 is 22.4 Å². The van der Waals surface area contributed by atoms with Crippen molar-refractivity contribution in [2.75, 3.05) is 11.4 Å². The number of aromatic amines is 1. The molecule has 5 heterocycles. The lowest BCUT2D eigenvalue weighted by Crippen LogP contribution is -2.33. The average Bonchev–Trinajstić information content (AvgIpc) is 3.58. The number of nitriles is 1. The van der Waals surface area contributed by atoms with Crippen LogP contribution in [0.1, 0.15) is 30.4 Å². The number of nitrogens with zero attached hydrogens (tertiary/aromatic N) is 8. The monoisotopic (exact) mass is 423 g/mol.